The van der Waals surface area contributed by atoms with Crippen LogP contribution >= 0.6 is 0 Å². The van der Waals surface area contributed by atoms with E-state index in [4.69, 9.17) is 5.73 Å². The number of rotatable bonds is 2. The molecule has 1 saturated carbocycles. The summed E-state index contributed by atoms with van der Waals surface area (Å²) in [7, 11) is -1.66. The fraction of sp³-hybridized carbons (Fsp3) is 0.750. The minimum absolute atomic E-state index is 0.151. The summed E-state index contributed by atoms with van der Waals surface area (Å²) >= 11 is 0. The molecule has 1 aromatic heterocycles. The predicted molar refractivity (Wildman–Crippen MR) is 70.8 cm³/mol. The van der Waals surface area contributed by atoms with Gasteiger partial charge >= 0.3 is 0 Å². The summed E-state index contributed by atoms with van der Waals surface area (Å²) in [6, 6.07) is 0.235. The van der Waals surface area contributed by atoms with Crippen LogP contribution in [0, 0.1) is 11.8 Å². The molecule has 3 atom stereocenters. The fourth-order valence-corrected chi connectivity index (χ4v) is 4.80. The standard InChI is InChI=1S/C12H20N4O2S/c1-15-7-12(14-8-15)19(17,18)16-5-9-2-3-11(13)4-10(9)6-16/h7-11H,2-6,13H2,1H3/t9-,10+,11?/m1/s1. The summed E-state index contributed by atoms with van der Waals surface area (Å²) in [6.07, 6.45) is 6.08. The molecule has 106 valence electrons. The van der Waals surface area contributed by atoms with E-state index in [1.165, 1.54) is 6.33 Å². The monoisotopic (exact) mass is 284 g/mol. The molecule has 0 spiro atoms. The highest BCUT2D eigenvalue weighted by molar-refractivity contribution is 7.89. The second-order valence-electron chi connectivity index (χ2n) is 5.79. The van der Waals surface area contributed by atoms with Crippen LogP contribution in [0.1, 0.15) is 19.3 Å². The van der Waals surface area contributed by atoms with E-state index in [0.29, 0.717) is 24.9 Å². The number of sulfonamides is 1. The Morgan fingerprint density at radius 2 is 2.05 bits per heavy atom. The molecule has 2 heterocycles. The van der Waals surface area contributed by atoms with Crippen molar-refractivity contribution in [3.05, 3.63) is 12.5 Å². The number of nitrogens with zero attached hydrogens (tertiary/aromatic N) is 3. The largest absolute Gasteiger partial charge is 0.339 e. The number of nitrogens with two attached hydrogens (primary N) is 1. The number of fused-ring (bicyclic) bond motifs is 1. The summed E-state index contributed by atoms with van der Waals surface area (Å²) in [5.41, 5.74) is 5.98. The van der Waals surface area contributed by atoms with Gasteiger partial charge in [0.1, 0.15) is 0 Å². The molecule has 1 aliphatic carbocycles. The van der Waals surface area contributed by atoms with Crippen molar-refractivity contribution in [2.75, 3.05) is 13.1 Å². The maximum absolute atomic E-state index is 12.5. The van der Waals surface area contributed by atoms with E-state index in [0.717, 1.165) is 19.3 Å². The fourth-order valence-electron chi connectivity index (χ4n) is 3.28. The van der Waals surface area contributed by atoms with E-state index in [-0.39, 0.29) is 11.1 Å². The summed E-state index contributed by atoms with van der Waals surface area (Å²) in [6.45, 7) is 1.22. The molecule has 2 aliphatic rings. The molecule has 0 aromatic carbocycles. The number of imidazole rings is 1. The van der Waals surface area contributed by atoms with Crippen molar-refractivity contribution in [1.29, 1.82) is 0 Å². The topological polar surface area (TPSA) is 81.2 Å². The van der Waals surface area contributed by atoms with Crippen molar-refractivity contribution in [3.8, 4) is 0 Å². The quantitative estimate of drug-likeness (QED) is 0.839. The zero-order valence-corrected chi connectivity index (χ0v) is 11.9. The first kappa shape index (κ1) is 13.1. The highest BCUT2D eigenvalue weighted by Crippen LogP contribution is 2.37. The summed E-state index contributed by atoms with van der Waals surface area (Å²) in [5, 5.41) is 0.151. The Labute approximate surface area is 113 Å². The first-order valence-corrected chi connectivity index (χ1v) is 8.14. The SMILES string of the molecule is Cn1cnc(S(=O)(=O)N2C[C@H]3CCC(N)C[C@H]3C2)c1. The van der Waals surface area contributed by atoms with Gasteiger partial charge in [0, 0.05) is 32.4 Å². The van der Waals surface area contributed by atoms with Crippen molar-refractivity contribution >= 4 is 10.0 Å². The van der Waals surface area contributed by atoms with Crippen LogP contribution in [0.15, 0.2) is 17.6 Å². The lowest BCUT2D eigenvalue weighted by molar-refractivity contribution is 0.271. The van der Waals surface area contributed by atoms with E-state index in [2.05, 4.69) is 4.98 Å². The maximum Gasteiger partial charge on any atom is 0.262 e. The van der Waals surface area contributed by atoms with Crippen molar-refractivity contribution in [2.24, 2.45) is 24.6 Å². The van der Waals surface area contributed by atoms with Gasteiger partial charge in [0.15, 0.2) is 5.03 Å². The Morgan fingerprint density at radius 3 is 2.74 bits per heavy atom. The highest BCUT2D eigenvalue weighted by Gasteiger charge is 2.42. The van der Waals surface area contributed by atoms with Crippen molar-refractivity contribution in [1.82, 2.24) is 13.9 Å². The second-order valence-corrected chi connectivity index (χ2v) is 7.68. The Bertz CT molecular complexity index is 568. The zero-order chi connectivity index (χ0) is 13.6. The molecule has 0 radical (unpaired) electrons. The second kappa shape index (κ2) is 4.57. The summed E-state index contributed by atoms with van der Waals surface area (Å²) < 4.78 is 28.2. The first-order chi connectivity index (χ1) is 8.96. The van der Waals surface area contributed by atoms with Crippen LogP contribution in [0.25, 0.3) is 0 Å². The van der Waals surface area contributed by atoms with E-state index in [1.54, 1.807) is 22.1 Å². The van der Waals surface area contributed by atoms with Crippen LogP contribution in [0.2, 0.25) is 0 Å². The van der Waals surface area contributed by atoms with Gasteiger partial charge in [-0.05, 0) is 31.1 Å². The molecule has 0 amide bonds. The van der Waals surface area contributed by atoms with Gasteiger partial charge in [0.05, 0.1) is 6.33 Å². The Hall–Kier alpha value is -0.920. The number of hydrogen-bond acceptors (Lipinski definition) is 4. The van der Waals surface area contributed by atoms with Crippen LogP contribution in [-0.4, -0.2) is 41.4 Å². The smallest absolute Gasteiger partial charge is 0.262 e. The van der Waals surface area contributed by atoms with Crippen molar-refractivity contribution in [3.63, 3.8) is 0 Å². The minimum Gasteiger partial charge on any atom is -0.339 e. The van der Waals surface area contributed by atoms with Gasteiger partial charge in [0.25, 0.3) is 10.0 Å². The molecule has 7 heteroatoms. The molecule has 1 aromatic rings. The maximum atomic E-state index is 12.5. The molecule has 19 heavy (non-hydrogen) atoms. The molecule has 3 rings (SSSR count). The van der Waals surface area contributed by atoms with Crippen LogP contribution < -0.4 is 5.73 Å². The van der Waals surface area contributed by atoms with Crippen molar-refractivity contribution in [2.45, 2.75) is 30.3 Å². The molecule has 2 fully saturated rings. The van der Waals surface area contributed by atoms with Gasteiger partial charge in [-0.2, -0.15) is 4.31 Å². The van der Waals surface area contributed by atoms with Crippen LogP contribution in [-0.2, 0) is 17.1 Å². The van der Waals surface area contributed by atoms with E-state index in [9.17, 15) is 8.42 Å². The molecular weight excluding hydrogens is 264 g/mol. The van der Waals surface area contributed by atoms with E-state index >= 15 is 0 Å². The zero-order valence-electron chi connectivity index (χ0n) is 11.1. The number of aryl methyl sites for hydroxylation is 1. The Kier molecular flexibility index (Phi) is 3.15. The van der Waals surface area contributed by atoms with Gasteiger partial charge in [0.2, 0.25) is 0 Å². The van der Waals surface area contributed by atoms with Gasteiger partial charge < -0.3 is 10.3 Å². The third-order valence-corrected chi connectivity index (χ3v) is 6.06. The first-order valence-electron chi connectivity index (χ1n) is 6.70. The molecule has 1 aliphatic heterocycles. The normalized spacial score (nSPS) is 32.4. The van der Waals surface area contributed by atoms with E-state index < -0.39 is 10.0 Å². The molecule has 2 N–H and O–H groups in total. The molecule has 0 bridgehead atoms. The Balaban J connectivity index is 1.80. The van der Waals surface area contributed by atoms with E-state index in [1.807, 2.05) is 0 Å². The van der Waals surface area contributed by atoms with Crippen LogP contribution in [0.5, 0.6) is 0 Å². The number of aromatic nitrogens is 2. The van der Waals surface area contributed by atoms with Gasteiger partial charge in [-0.15, -0.1) is 0 Å². The third-order valence-electron chi connectivity index (χ3n) is 4.34. The number of hydrogen-bond donors (Lipinski definition) is 1. The molecular formula is C12H20N4O2S. The van der Waals surface area contributed by atoms with Crippen LogP contribution in [0.3, 0.4) is 0 Å². The molecule has 1 saturated heterocycles. The Morgan fingerprint density at radius 1 is 1.32 bits per heavy atom. The lowest BCUT2D eigenvalue weighted by atomic mass is 9.79. The average molecular weight is 284 g/mol. The van der Waals surface area contributed by atoms with Crippen molar-refractivity contribution < 1.29 is 8.42 Å². The van der Waals surface area contributed by atoms with Gasteiger partial charge in [-0.25, -0.2) is 13.4 Å². The summed E-state index contributed by atoms with van der Waals surface area (Å²) in [5.74, 6) is 0.889. The average Bonchev–Trinajstić information content (AvgIpc) is 2.95. The minimum atomic E-state index is -3.43. The molecule has 6 nitrogen and oxygen atoms in total. The highest BCUT2D eigenvalue weighted by atomic mass is 32.2. The lowest BCUT2D eigenvalue weighted by Crippen LogP contribution is -2.32. The predicted octanol–water partition coefficient (Wildman–Crippen LogP) is 0.168. The third kappa shape index (κ3) is 2.30. The van der Waals surface area contributed by atoms with Crippen LogP contribution in [0.4, 0.5) is 0 Å². The summed E-state index contributed by atoms with van der Waals surface area (Å²) in [4.78, 5) is 3.97. The van der Waals surface area contributed by atoms with Gasteiger partial charge in [-0.3, -0.25) is 0 Å². The van der Waals surface area contributed by atoms with Gasteiger partial charge in [-0.1, -0.05) is 0 Å². The lowest BCUT2D eigenvalue weighted by Gasteiger charge is -2.28. The molecule has 1 unspecified atom stereocenters.